The molecule has 1 saturated heterocycles. The number of aromatic nitrogens is 1. The molecule has 0 bridgehead atoms. The second-order valence-corrected chi connectivity index (χ2v) is 8.35. The first kappa shape index (κ1) is 18.9. The maximum atomic E-state index is 13.0. The van der Waals surface area contributed by atoms with E-state index < -0.39 is 0 Å². The summed E-state index contributed by atoms with van der Waals surface area (Å²) in [5, 5.41) is 5.52. The summed E-state index contributed by atoms with van der Waals surface area (Å²) in [5.41, 5.74) is 4.25. The van der Waals surface area contributed by atoms with Gasteiger partial charge in [-0.25, -0.2) is 4.98 Å². The van der Waals surface area contributed by atoms with E-state index in [9.17, 15) is 9.59 Å². The smallest absolute Gasteiger partial charge is 0.273 e. The number of likely N-dealkylation sites (N-methyl/N-ethyl adjacent to an activating group) is 1. The molecule has 4 rings (SSSR count). The van der Waals surface area contributed by atoms with Crippen molar-refractivity contribution in [1.82, 2.24) is 14.8 Å². The van der Waals surface area contributed by atoms with Gasteiger partial charge >= 0.3 is 0 Å². The highest BCUT2D eigenvalue weighted by atomic mass is 32.1. The van der Waals surface area contributed by atoms with Crippen LogP contribution in [0.1, 0.15) is 42.2 Å². The van der Waals surface area contributed by atoms with Crippen LogP contribution in [0.4, 0.5) is 5.69 Å². The fourth-order valence-corrected chi connectivity index (χ4v) is 4.75. The summed E-state index contributed by atoms with van der Waals surface area (Å²) < 4.78 is 0. The van der Waals surface area contributed by atoms with E-state index >= 15 is 0 Å². The van der Waals surface area contributed by atoms with Crippen molar-refractivity contribution in [2.75, 3.05) is 31.5 Å². The molecule has 1 spiro atoms. The minimum Gasteiger partial charge on any atom is -0.379 e. The minimum atomic E-state index is -0.316. The number of piperidine rings is 1. The first-order chi connectivity index (χ1) is 13.6. The molecule has 0 aliphatic carbocycles. The van der Waals surface area contributed by atoms with Gasteiger partial charge in [-0.15, -0.1) is 11.3 Å². The zero-order valence-corrected chi connectivity index (χ0v) is 17.0. The lowest BCUT2D eigenvalue weighted by Crippen LogP contribution is -2.53. The maximum absolute atomic E-state index is 13.0. The number of hydrogen-bond acceptors (Lipinski definition) is 5. The quantitative estimate of drug-likeness (QED) is 0.845. The van der Waals surface area contributed by atoms with Gasteiger partial charge in [0.1, 0.15) is 5.69 Å². The van der Waals surface area contributed by atoms with Gasteiger partial charge in [0, 0.05) is 49.2 Å². The molecule has 1 aromatic heterocycles. The number of hydrogen-bond donors (Lipinski definition) is 1. The highest BCUT2D eigenvalue weighted by Crippen LogP contribution is 2.34. The van der Waals surface area contributed by atoms with Crippen LogP contribution in [0.2, 0.25) is 0 Å². The lowest BCUT2D eigenvalue weighted by atomic mass is 9.83. The Bertz CT molecular complexity index is 844. The predicted octanol–water partition coefficient (Wildman–Crippen LogP) is 3.02. The first-order valence-electron chi connectivity index (χ1n) is 9.91. The maximum Gasteiger partial charge on any atom is 0.273 e. The Morgan fingerprint density at radius 3 is 2.75 bits per heavy atom. The molecule has 3 heterocycles. The molecule has 0 atom stereocenters. The summed E-state index contributed by atoms with van der Waals surface area (Å²) in [6.07, 6.45) is 2.82. The molecule has 2 amide bonds. The Labute approximate surface area is 169 Å². The number of anilines is 1. The Morgan fingerprint density at radius 2 is 2.04 bits per heavy atom. The third kappa shape index (κ3) is 3.76. The van der Waals surface area contributed by atoms with Gasteiger partial charge in [0.15, 0.2) is 0 Å². The molecule has 2 aliphatic heterocycles. The molecule has 0 unspecified atom stereocenters. The van der Waals surface area contributed by atoms with E-state index in [1.54, 1.807) is 10.9 Å². The molecule has 2 aliphatic rings. The topological polar surface area (TPSA) is 65.5 Å². The van der Waals surface area contributed by atoms with Crippen molar-refractivity contribution in [3.63, 3.8) is 0 Å². The number of thiazole rings is 1. The third-order valence-electron chi connectivity index (χ3n) is 5.95. The summed E-state index contributed by atoms with van der Waals surface area (Å²) in [4.78, 5) is 33.6. The number of para-hydroxylation sites is 1. The highest BCUT2D eigenvalue weighted by Gasteiger charge is 2.40. The minimum absolute atomic E-state index is 0.0129. The lowest BCUT2D eigenvalue weighted by Gasteiger charge is -2.43. The Balaban J connectivity index is 1.57. The molecule has 0 saturated carbocycles. The van der Waals surface area contributed by atoms with E-state index in [4.69, 9.17) is 0 Å². The number of carbonyl (C=O) groups excluding carboxylic acids is 2. The van der Waals surface area contributed by atoms with E-state index in [0.29, 0.717) is 25.2 Å². The van der Waals surface area contributed by atoms with Crippen molar-refractivity contribution < 1.29 is 9.59 Å². The molecule has 1 aromatic carbocycles. The molecule has 6 nitrogen and oxygen atoms in total. The van der Waals surface area contributed by atoms with Gasteiger partial charge in [-0.3, -0.25) is 9.59 Å². The van der Waals surface area contributed by atoms with Crippen LogP contribution in [0.25, 0.3) is 0 Å². The first-order valence-corrected chi connectivity index (χ1v) is 10.9. The van der Waals surface area contributed by atoms with Gasteiger partial charge in [0.25, 0.3) is 5.91 Å². The van der Waals surface area contributed by atoms with Crippen LogP contribution in [-0.2, 0) is 11.2 Å². The standard InChI is InChI=1S/C21H26N4O2S/c1-2-24-10-7-16-5-3-4-6-17(16)23-21(13-19(24)26)8-11-25(12-9-21)20(27)18-14-28-15-22-18/h3-6,14-15,23H,2,7-13H2,1H3. The third-order valence-corrected chi connectivity index (χ3v) is 6.54. The van der Waals surface area contributed by atoms with Crippen LogP contribution in [0.15, 0.2) is 35.2 Å². The van der Waals surface area contributed by atoms with Crippen molar-refractivity contribution in [1.29, 1.82) is 0 Å². The van der Waals surface area contributed by atoms with Crippen molar-refractivity contribution in [2.45, 2.75) is 38.1 Å². The van der Waals surface area contributed by atoms with Crippen LogP contribution in [0, 0.1) is 0 Å². The van der Waals surface area contributed by atoms with E-state index in [0.717, 1.165) is 38.0 Å². The number of rotatable bonds is 2. The Kier molecular flexibility index (Phi) is 5.35. The average Bonchev–Trinajstić information content (AvgIpc) is 3.25. The van der Waals surface area contributed by atoms with Crippen molar-refractivity contribution in [3.05, 3.63) is 46.4 Å². The largest absolute Gasteiger partial charge is 0.379 e. The van der Waals surface area contributed by atoms with Gasteiger partial charge in [-0.1, -0.05) is 18.2 Å². The van der Waals surface area contributed by atoms with Gasteiger partial charge in [-0.2, -0.15) is 0 Å². The number of benzene rings is 1. The summed E-state index contributed by atoms with van der Waals surface area (Å²) in [6.45, 7) is 4.77. The van der Waals surface area contributed by atoms with E-state index in [-0.39, 0.29) is 17.4 Å². The highest BCUT2D eigenvalue weighted by molar-refractivity contribution is 7.07. The predicted molar refractivity (Wildman–Crippen MR) is 111 cm³/mol. The van der Waals surface area contributed by atoms with Crippen LogP contribution >= 0.6 is 11.3 Å². The molecule has 7 heteroatoms. The summed E-state index contributed by atoms with van der Waals surface area (Å²) in [7, 11) is 0. The molecule has 1 fully saturated rings. The van der Waals surface area contributed by atoms with E-state index in [2.05, 4.69) is 28.5 Å². The second-order valence-electron chi connectivity index (χ2n) is 7.63. The summed E-state index contributed by atoms with van der Waals surface area (Å²) >= 11 is 1.44. The van der Waals surface area contributed by atoms with Crippen LogP contribution in [0.3, 0.4) is 0 Å². The molecular formula is C21H26N4O2S. The van der Waals surface area contributed by atoms with E-state index in [1.807, 2.05) is 22.8 Å². The molecule has 28 heavy (non-hydrogen) atoms. The fraction of sp³-hybridized carbons (Fsp3) is 0.476. The van der Waals surface area contributed by atoms with Gasteiger partial charge in [0.05, 0.1) is 5.51 Å². The number of amides is 2. The number of carbonyl (C=O) groups is 2. The molecular weight excluding hydrogens is 372 g/mol. The number of nitrogens with zero attached hydrogens (tertiary/aromatic N) is 3. The normalized spacial score (nSPS) is 19.4. The summed E-state index contributed by atoms with van der Waals surface area (Å²) in [5.74, 6) is 0.183. The van der Waals surface area contributed by atoms with E-state index in [1.165, 1.54) is 16.9 Å². The van der Waals surface area contributed by atoms with Crippen molar-refractivity contribution in [3.8, 4) is 0 Å². The number of likely N-dealkylation sites (tertiary alicyclic amines) is 1. The molecule has 1 N–H and O–H groups in total. The van der Waals surface area contributed by atoms with Gasteiger partial charge < -0.3 is 15.1 Å². The average molecular weight is 399 g/mol. The van der Waals surface area contributed by atoms with Crippen molar-refractivity contribution >= 4 is 28.8 Å². The summed E-state index contributed by atoms with van der Waals surface area (Å²) in [6, 6.07) is 8.34. The Hall–Kier alpha value is -2.41. The second kappa shape index (κ2) is 7.91. The fourth-order valence-electron chi connectivity index (χ4n) is 4.23. The SMILES string of the molecule is CCN1CCc2ccccc2NC2(CCN(C(=O)c3cscn3)CC2)CC1=O. The van der Waals surface area contributed by atoms with Crippen LogP contribution in [0.5, 0.6) is 0 Å². The Morgan fingerprint density at radius 1 is 1.25 bits per heavy atom. The lowest BCUT2D eigenvalue weighted by molar-refractivity contribution is -0.132. The van der Waals surface area contributed by atoms with Gasteiger partial charge in [-0.05, 0) is 37.8 Å². The van der Waals surface area contributed by atoms with Crippen molar-refractivity contribution in [2.24, 2.45) is 0 Å². The monoisotopic (exact) mass is 398 g/mol. The van der Waals surface area contributed by atoms with Crippen LogP contribution < -0.4 is 5.32 Å². The van der Waals surface area contributed by atoms with Crippen LogP contribution in [-0.4, -0.2) is 58.3 Å². The number of fused-ring (bicyclic) bond motifs is 1. The van der Waals surface area contributed by atoms with Gasteiger partial charge in [0.2, 0.25) is 5.91 Å². The molecule has 148 valence electrons. The molecule has 0 radical (unpaired) electrons. The zero-order chi connectivity index (χ0) is 19.6. The number of nitrogens with one attached hydrogen (secondary N) is 1. The molecule has 2 aromatic rings. The zero-order valence-electron chi connectivity index (χ0n) is 16.2.